The van der Waals surface area contributed by atoms with Crippen LogP contribution in [0.15, 0.2) is 12.2 Å². The number of quaternary nitrogens is 1. The molecule has 0 heterocycles. The maximum atomic E-state index is 12.2. The summed E-state index contributed by atoms with van der Waals surface area (Å²) in [6.45, 7) is 5.35. The van der Waals surface area contributed by atoms with Gasteiger partial charge in [0.15, 0.2) is 0 Å². The van der Waals surface area contributed by atoms with Gasteiger partial charge in [-0.15, -0.1) is 0 Å². The zero-order valence-electron chi connectivity index (χ0n) is 23.8. The summed E-state index contributed by atoms with van der Waals surface area (Å²) in [7, 11) is 1.66. The smallest absolute Gasteiger partial charge is 0.457 e. The molecule has 36 heavy (non-hydrogen) atoms. The van der Waals surface area contributed by atoms with Crippen molar-refractivity contribution in [2.45, 2.75) is 103 Å². The minimum Gasteiger partial charge on any atom is -0.457 e. The van der Waals surface area contributed by atoms with Gasteiger partial charge in [-0.1, -0.05) is 70.9 Å². The molecule has 0 aromatic heterocycles. The highest BCUT2D eigenvalue weighted by Gasteiger charge is 2.26. The van der Waals surface area contributed by atoms with E-state index in [1.807, 2.05) is 21.1 Å². The van der Waals surface area contributed by atoms with Crippen molar-refractivity contribution in [2.75, 3.05) is 54.1 Å². The first-order chi connectivity index (χ1) is 17.1. The fourth-order valence-corrected chi connectivity index (χ4v) is 4.06. The van der Waals surface area contributed by atoms with Crippen LogP contribution in [0.4, 0.5) is 0 Å². The highest BCUT2D eigenvalue weighted by molar-refractivity contribution is 7.47. The Morgan fingerprint density at radius 1 is 0.833 bits per heavy atom. The number of unbranched alkanes of at least 4 members (excludes halogenated alkanes) is 9. The lowest BCUT2D eigenvalue weighted by atomic mass is 10.1. The molecular formula is C27H55NO7P+. The summed E-state index contributed by atoms with van der Waals surface area (Å²) >= 11 is 0. The molecule has 0 aliphatic rings. The average molecular weight is 537 g/mol. The molecule has 0 spiro atoms. The van der Waals surface area contributed by atoms with Crippen LogP contribution in [0.5, 0.6) is 0 Å². The highest BCUT2D eigenvalue weighted by Crippen LogP contribution is 2.43. The SMILES string of the molecule is CCC/C=C\CCCCCCCCOCC(COP(=O)(O)OCC[N+](C)(C)C)OC(=O)CCCCC. The van der Waals surface area contributed by atoms with Crippen molar-refractivity contribution in [1.29, 1.82) is 0 Å². The number of carbonyl (C=O) groups excluding carboxylic acids is 1. The quantitative estimate of drug-likeness (QED) is 0.0473. The maximum Gasteiger partial charge on any atom is 0.472 e. The summed E-state index contributed by atoms with van der Waals surface area (Å²) in [6.07, 6.45) is 17.3. The van der Waals surface area contributed by atoms with Gasteiger partial charge in [-0.2, -0.15) is 0 Å². The van der Waals surface area contributed by atoms with Gasteiger partial charge in [0.25, 0.3) is 0 Å². The van der Waals surface area contributed by atoms with E-state index in [1.54, 1.807) is 0 Å². The van der Waals surface area contributed by atoms with Crippen LogP contribution in [0.2, 0.25) is 0 Å². The maximum absolute atomic E-state index is 12.2. The third-order valence-corrected chi connectivity index (χ3v) is 6.54. The Balaban J connectivity index is 4.26. The predicted octanol–water partition coefficient (Wildman–Crippen LogP) is 6.42. The molecule has 0 bridgehead atoms. The lowest BCUT2D eigenvalue weighted by molar-refractivity contribution is -0.870. The van der Waals surface area contributed by atoms with E-state index in [2.05, 4.69) is 26.0 Å². The van der Waals surface area contributed by atoms with E-state index < -0.39 is 13.9 Å². The minimum atomic E-state index is -4.23. The number of likely N-dealkylation sites (N-methyl/N-ethyl adjacent to an activating group) is 1. The van der Waals surface area contributed by atoms with Crippen LogP contribution >= 0.6 is 7.82 Å². The normalized spacial score (nSPS) is 14.7. The number of carbonyl (C=O) groups is 1. The molecule has 8 nitrogen and oxygen atoms in total. The minimum absolute atomic E-state index is 0.0881. The Kier molecular flexibility index (Phi) is 21.8. The van der Waals surface area contributed by atoms with Gasteiger partial charge in [0, 0.05) is 13.0 Å². The van der Waals surface area contributed by atoms with Crippen molar-refractivity contribution in [2.24, 2.45) is 0 Å². The molecule has 0 aliphatic heterocycles. The first kappa shape index (κ1) is 35.2. The van der Waals surface area contributed by atoms with Crippen molar-refractivity contribution >= 4 is 13.8 Å². The van der Waals surface area contributed by atoms with Crippen molar-refractivity contribution in [3.63, 3.8) is 0 Å². The molecule has 9 heteroatoms. The second-order valence-corrected chi connectivity index (χ2v) is 11.9. The first-order valence-electron chi connectivity index (χ1n) is 13.9. The third kappa shape index (κ3) is 24.9. The Labute approximate surface area is 220 Å². The molecule has 0 fully saturated rings. The van der Waals surface area contributed by atoms with E-state index in [1.165, 1.54) is 44.9 Å². The molecule has 0 saturated carbocycles. The van der Waals surface area contributed by atoms with Crippen molar-refractivity contribution in [1.82, 2.24) is 0 Å². The van der Waals surface area contributed by atoms with Crippen LogP contribution in [-0.2, 0) is 27.9 Å². The van der Waals surface area contributed by atoms with Crippen LogP contribution < -0.4 is 0 Å². The number of allylic oxidation sites excluding steroid dienone is 2. The molecule has 0 amide bonds. The number of ether oxygens (including phenoxy) is 2. The Morgan fingerprint density at radius 2 is 1.50 bits per heavy atom. The monoisotopic (exact) mass is 536 g/mol. The number of esters is 1. The van der Waals surface area contributed by atoms with E-state index >= 15 is 0 Å². The average Bonchev–Trinajstić information content (AvgIpc) is 2.79. The molecule has 0 aromatic carbocycles. The molecular weight excluding hydrogens is 481 g/mol. The summed E-state index contributed by atoms with van der Waals surface area (Å²) < 4.78 is 34.2. The third-order valence-electron chi connectivity index (χ3n) is 5.56. The molecule has 0 aromatic rings. The van der Waals surface area contributed by atoms with Gasteiger partial charge >= 0.3 is 13.8 Å². The van der Waals surface area contributed by atoms with Crippen LogP contribution in [0.25, 0.3) is 0 Å². The zero-order chi connectivity index (χ0) is 27.1. The standard InChI is InChI=1S/C27H54NO7P/c1-6-8-10-11-12-13-14-15-16-17-19-22-32-24-26(35-27(29)20-18-9-7-2)25-34-36(30,31)33-23-21-28(3,4)5/h10-11,26H,6-9,12-25H2,1-5H3/p+1/b11-10-. The fraction of sp³-hybridized carbons (Fsp3) is 0.889. The summed E-state index contributed by atoms with van der Waals surface area (Å²) in [6, 6.07) is 0. The molecule has 2 unspecified atom stereocenters. The number of phosphoric acid groups is 1. The van der Waals surface area contributed by atoms with E-state index in [9.17, 15) is 14.3 Å². The van der Waals surface area contributed by atoms with Crippen LogP contribution in [0, 0.1) is 0 Å². The number of nitrogens with zero attached hydrogens (tertiary/aromatic N) is 1. The van der Waals surface area contributed by atoms with E-state index in [-0.39, 0.29) is 25.8 Å². The number of phosphoric ester groups is 1. The van der Waals surface area contributed by atoms with Gasteiger partial charge in [0.2, 0.25) is 0 Å². The molecule has 0 aliphatic carbocycles. The second-order valence-electron chi connectivity index (χ2n) is 10.4. The number of rotatable bonds is 25. The molecule has 0 radical (unpaired) electrons. The van der Waals surface area contributed by atoms with Gasteiger partial charge in [-0.3, -0.25) is 13.8 Å². The van der Waals surface area contributed by atoms with Crippen molar-refractivity contribution in [3.05, 3.63) is 12.2 Å². The van der Waals surface area contributed by atoms with Crippen LogP contribution in [-0.4, -0.2) is 75.6 Å². The Morgan fingerprint density at radius 3 is 2.17 bits per heavy atom. The van der Waals surface area contributed by atoms with Crippen molar-refractivity contribution in [3.8, 4) is 0 Å². The topological polar surface area (TPSA) is 91.3 Å². The first-order valence-corrected chi connectivity index (χ1v) is 15.4. The number of hydrogen-bond donors (Lipinski definition) is 1. The van der Waals surface area contributed by atoms with E-state index in [4.69, 9.17) is 18.5 Å². The second kappa shape index (κ2) is 22.2. The summed E-state index contributed by atoms with van der Waals surface area (Å²) in [4.78, 5) is 22.1. The molecule has 2 atom stereocenters. The highest BCUT2D eigenvalue weighted by atomic mass is 31.2. The largest absolute Gasteiger partial charge is 0.472 e. The van der Waals surface area contributed by atoms with Crippen LogP contribution in [0.1, 0.15) is 97.3 Å². The summed E-state index contributed by atoms with van der Waals surface area (Å²) in [5.41, 5.74) is 0. The van der Waals surface area contributed by atoms with E-state index in [0.717, 1.165) is 32.1 Å². The molecule has 1 N–H and O–H groups in total. The molecule has 0 saturated heterocycles. The summed E-state index contributed by atoms with van der Waals surface area (Å²) in [5, 5.41) is 0. The fourth-order valence-electron chi connectivity index (χ4n) is 3.32. The molecule has 214 valence electrons. The van der Waals surface area contributed by atoms with Gasteiger partial charge < -0.3 is 18.9 Å². The summed E-state index contributed by atoms with van der Waals surface area (Å²) in [5.74, 6) is -0.344. The lowest BCUT2D eigenvalue weighted by Gasteiger charge is -2.24. The predicted molar refractivity (Wildman–Crippen MR) is 146 cm³/mol. The van der Waals surface area contributed by atoms with Crippen molar-refractivity contribution < 1.29 is 37.3 Å². The van der Waals surface area contributed by atoms with Gasteiger partial charge in [-0.05, 0) is 32.1 Å². The Bertz CT molecular complexity index is 607. The lowest BCUT2D eigenvalue weighted by Crippen LogP contribution is -2.37. The Hall–Kier alpha value is -0.760. The number of hydrogen-bond acceptors (Lipinski definition) is 6. The van der Waals surface area contributed by atoms with Crippen LogP contribution in [0.3, 0.4) is 0 Å². The van der Waals surface area contributed by atoms with Gasteiger partial charge in [-0.25, -0.2) is 4.57 Å². The zero-order valence-corrected chi connectivity index (χ0v) is 24.6. The van der Waals surface area contributed by atoms with Gasteiger partial charge in [0.05, 0.1) is 34.4 Å². The molecule has 0 rings (SSSR count). The van der Waals surface area contributed by atoms with Gasteiger partial charge in [0.1, 0.15) is 19.3 Å². The van der Waals surface area contributed by atoms with E-state index in [0.29, 0.717) is 24.1 Å².